The first-order valence-electron chi connectivity index (χ1n) is 7.28. The van der Waals surface area contributed by atoms with Gasteiger partial charge in [0.25, 0.3) is 0 Å². The number of amides is 1. The Morgan fingerprint density at radius 2 is 1.86 bits per heavy atom. The zero-order valence-electron chi connectivity index (χ0n) is 12.8. The molecule has 0 aliphatic carbocycles. The Morgan fingerprint density at radius 1 is 1.24 bits per heavy atom. The molecule has 21 heavy (non-hydrogen) atoms. The van der Waals surface area contributed by atoms with Crippen LogP contribution in [0.25, 0.3) is 6.08 Å². The van der Waals surface area contributed by atoms with E-state index in [1.807, 2.05) is 38.1 Å². The smallest absolute Gasteiger partial charge is 0.326 e. The van der Waals surface area contributed by atoms with E-state index < -0.39 is 12.0 Å². The highest BCUT2D eigenvalue weighted by Crippen LogP contribution is 2.09. The van der Waals surface area contributed by atoms with Crippen LogP contribution < -0.4 is 5.32 Å². The Labute approximate surface area is 125 Å². The summed E-state index contributed by atoms with van der Waals surface area (Å²) in [6, 6.07) is 7.04. The number of rotatable bonds is 7. The van der Waals surface area contributed by atoms with Crippen molar-refractivity contribution in [1.82, 2.24) is 5.32 Å². The minimum Gasteiger partial charge on any atom is -0.480 e. The van der Waals surface area contributed by atoms with Crippen molar-refractivity contribution in [2.24, 2.45) is 5.92 Å². The van der Waals surface area contributed by atoms with Crippen molar-refractivity contribution in [2.75, 3.05) is 0 Å². The fourth-order valence-electron chi connectivity index (χ4n) is 1.92. The van der Waals surface area contributed by atoms with Crippen LogP contribution in [-0.4, -0.2) is 23.0 Å². The standard InChI is InChI=1S/C17H23NO3/c1-4-12(3)16(17(20)21)18-15(19)11-10-14-8-6-13(5-2)7-9-14/h6-12,16H,4-5H2,1-3H3,(H,18,19)(H,20,21)/b11-10+. The van der Waals surface area contributed by atoms with Gasteiger partial charge in [-0.1, -0.05) is 51.5 Å². The number of hydrogen-bond acceptors (Lipinski definition) is 2. The molecule has 0 heterocycles. The molecule has 4 heteroatoms. The first-order chi connectivity index (χ1) is 9.97. The molecule has 2 N–H and O–H groups in total. The first kappa shape index (κ1) is 17.0. The molecule has 0 fully saturated rings. The van der Waals surface area contributed by atoms with Crippen LogP contribution >= 0.6 is 0 Å². The maximum atomic E-state index is 11.8. The Balaban J connectivity index is 2.66. The maximum Gasteiger partial charge on any atom is 0.326 e. The summed E-state index contributed by atoms with van der Waals surface area (Å²) < 4.78 is 0. The molecular weight excluding hydrogens is 266 g/mol. The second-order valence-corrected chi connectivity index (χ2v) is 5.14. The Morgan fingerprint density at radius 3 is 2.33 bits per heavy atom. The molecule has 4 nitrogen and oxygen atoms in total. The molecule has 2 unspecified atom stereocenters. The maximum absolute atomic E-state index is 11.8. The van der Waals surface area contributed by atoms with E-state index in [0.717, 1.165) is 12.0 Å². The predicted molar refractivity (Wildman–Crippen MR) is 83.9 cm³/mol. The lowest BCUT2D eigenvalue weighted by Gasteiger charge is -2.19. The summed E-state index contributed by atoms with van der Waals surface area (Å²) in [7, 11) is 0. The summed E-state index contributed by atoms with van der Waals surface area (Å²) in [5.41, 5.74) is 2.15. The zero-order valence-corrected chi connectivity index (χ0v) is 12.8. The molecule has 0 saturated heterocycles. The second-order valence-electron chi connectivity index (χ2n) is 5.14. The third kappa shape index (κ3) is 5.42. The quantitative estimate of drug-likeness (QED) is 0.758. The van der Waals surface area contributed by atoms with Gasteiger partial charge in [-0.3, -0.25) is 4.79 Å². The van der Waals surface area contributed by atoms with E-state index in [1.54, 1.807) is 6.08 Å². The highest BCUT2D eigenvalue weighted by atomic mass is 16.4. The van der Waals surface area contributed by atoms with Gasteiger partial charge in [0.2, 0.25) is 5.91 Å². The fraction of sp³-hybridized carbons (Fsp3) is 0.412. The first-order valence-corrected chi connectivity index (χ1v) is 7.28. The molecule has 0 aliphatic rings. The minimum absolute atomic E-state index is 0.108. The van der Waals surface area contributed by atoms with Gasteiger partial charge in [-0.2, -0.15) is 0 Å². The van der Waals surface area contributed by atoms with Crippen LogP contribution in [0, 0.1) is 5.92 Å². The van der Waals surface area contributed by atoms with Crippen molar-refractivity contribution >= 4 is 18.0 Å². The van der Waals surface area contributed by atoms with Crippen LogP contribution in [0.3, 0.4) is 0 Å². The largest absolute Gasteiger partial charge is 0.480 e. The van der Waals surface area contributed by atoms with E-state index in [2.05, 4.69) is 12.2 Å². The number of carbonyl (C=O) groups is 2. The molecule has 0 saturated carbocycles. The normalized spacial score (nSPS) is 13.9. The van der Waals surface area contributed by atoms with Crippen LogP contribution in [0.4, 0.5) is 0 Å². The monoisotopic (exact) mass is 289 g/mol. The van der Waals surface area contributed by atoms with Gasteiger partial charge in [0.05, 0.1) is 0 Å². The Bertz CT molecular complexity index is 505. The third-order valence-electron chi connectivity index (χ3n) is 3.59. The summed E-state index contributed by atoms with van der Waals surface area (Å²) in [5, 5.41) is 11.7. The summed E-state index contributed by atoms with van der Waals surface area (Å²) in [6.07, 6.45) is 4.72. The molecule has 1 aromatic carbocycles. The van der Waals surface area contributed by atoms with Crippen LogP contribution in [0.5, 0.6) is 0 Å². The van der Waals surface area contributed by atoms with Crippen molar-refractivity contribution in [3.8, 4) is 0 Å². The summed E-state index contributed by atoms with van der Waals surface area (Å²) in [6.45, 7) is 5.80. The van der Waals surface area contributed by atoms with Crippen LogP contribution in [-0.2, 0) is 16.0 Å². The molecule has 1 rings (SSSR count). The summed E-state index contributed by atoms with van der Waals surface area (Å²) in [5.74, 6) is -1.50. The van der Waals surface area contributed by atoms with Gasteiger partial charge >= 0.3 is 5.97 Å². The third-order valence-corrected chi connectivity index (χ3v) is 3.59. The predicted octanol–water partition coefficient (Wildman–Crippen LogP) is 2.88. The van der Waals surface area contributed by atoms with Crippen LogP contribution in [0.15, 0.2) is 30.3 Å². The van der Waals surface area contributed by atoms with Crippen molar-refractivity contribution < 1.29 is 14.7 Å². The van der Waals surface area contributed by atoms with Gasteiger partial charge in [-0.05, 0) is 29.5 Å². The van der Waals surface area contributed by atoms with Crippen molar-refractivity contribution in [3.63, 3.8) is 0 Å². The summed E-state index contributed by atoms with van der Waals surface area (Å²) >= 11 is 0. The lowest BCUT2D eigenvalue weighted by molar-refractivity contribution is -0.142. The number of benzene rings is 1. The molecule has 0 radical (unpaired) electrons. The minimum atomic E-state index is -1.00. The van der Waals surface area contributed by atoms with E-state index in [-0.39, 0.29) is 11.8 Å². The topological polar surface area (TPSA) is 66.4 Å². The number of carboxylic acid groups (broad SMARTS) is 1. The van der Waals surface area contributed by atoms with Gasteiger partial charge in [-0.15, -0.1) is 0 Å². The lowest BCUT2D eigenvalue weighted by atomic mass is 9.99. The number of nitrogens with one attached hydrogen (secondary N) is 1. The average Bonchev–Trinajstić information content (AvgIpc) is 2.50. The number of hydrogen-bond donors (Lipinski definition) is 2. The molecular formula is C17H23NO3. The van der Waals surface area contributed by atoms with Gasteiger partial charge in [-0.25, -0.2) is 4.79 Å². The highest BCUT2D eigenvalue weighted by Gasteiger charge is 2.24. The van der Waals surface area contributed by atoms with Crippen molar-refractivity contribution in [1.29, 1.82) is 0 Å². The van der Waals surface area contributed by atoms with E-state index in [0.29, 0.717) is 6.42 Å². The van der Waals surface area contributed by atoms with E-state index >= 15 is 0 Å². The van der Waals surface area contributed by atoms with Crippen molar-refractivity contribution in [2.45, 2.75) is 39.7 Å². The number of carbonyl (C=O) groups excluding carboxylic acids is 1. The summed E-state index contributed by atoms with van der Waals surface area (Å²) in [4.78, 5) is 23.0. The second kappa shape index (κ2) is 8.25. The Hall–Kier alpha value is -2.10. The molecule has 2 atom stereocenters. The van der Waals surface area contributed by atoms with E-state index in [9.17, 15) is 9.59 Å². The van der Waals surface area contributed by atoms with Crippen molar-refractivity contribution in [3.05, 3.63) is 41.5 Å². The number of aliphatic carboxylic acids is 1. The van der Waals surface area contributed by atoms with Crippen LogP contribution in [0.2, 0.25) is 0 Å². The number of carboxylic acids is 1. The average molecular weight is 289 g/mol. The molecule has 114 valence electrons. The number of aryl methyl sites for hydroxylation is 1. The van der Waals surface area contributed by atoms with Gasteiger partial charge in [0.1, 0.15) is 6.04 Å². The van der Waals surface area contributed by atoms with Gasteiger partial charge < -0.3 is 10.4 Å². The van der Waals surface area contributed by atoms with Crippen LogP contribution in [0.1, 0.15) is 38.3 Å². The highest BCUT2D eigenvalue weighted by molar-refractivity contribution is 5.94. The molecule has 1 amide bonds. The lowest BCUT2D eigenvalue weighted by Crippen LogP contribution is -2.44. The molecule has 0 bridgehead atoms. The zero-order chi connectivity index (χ0) is 15.8. The van der Waals surface area contributed by atoms with E-state index in [1.165, 1.54) is 11.6 Å². The molecule has 0 spiro atoms. The SMILES string of the molecule is CCc1ccc(/C=C/C(=O)NC(C(=O)O)C(C)CC)cc1. The molecule has 0 aromatic heterocycles. The van der Waals surface area contributed by atoms with Gasteiger partial charge in [0, 0.05) is 6.08 Å². The fourth-order valence-corrected chi connectivity index (χ4v) is 1.92. The molecule has 0 aliphatic heterocycles. The van der Waals surface area contributed by atoms with E-state index in [4.69, 9.17) is 5.11 Å². The van der Waals surface area contributed by atoms with Gasteiger partial charge in [0.15, 0.2) is 0 Å². The Kier molecular flexibility index (Phi) is 6.66. The molecule has 1 aromatic rings.